The lowest BCUT2D eigenvalue weighted by molar-refractivity contribution is 0.0497. The van der Waals surface area contributed by atoms with Crippen molar-refractivity contribution in [3.05, 3.63) is 87.6 Å². The van der Waals surface area contributed by atoms with E-state index in [4.69, 9.17) is 9.47 Å². The first-order valence-electron chi connectivity index (χ1n) is 13.8. The Morgan fingerprint density at radius 1 is 1.05 bits per heavy atom. The fourth-order valence-electron chi connectivity index (χ4n) is 5.38. The summed E-state index contributed by atoms with van der Waals surface area (Å²) in [6.45, 7) is 9.47. The van der Waals surface area contributed by atoms with Crippen molar-refractivity contribution in [3.63, 3.8) is 0 Å². The zero-order chi connectivity index (χ0) is 27.2. The second-order valence-electron chi connectivity index (χ2n) is 10.5. The number of rotatable bonds is 10. The number of hydrogen-bond acceptors (Lipinski definition) is 6. The Kier molecular flexibility index (Phi) is 8.74. The van der Waals surface area contributed by atoms with Gasteiger partial charge in [0.1, 0.15) is 11.6 Å². The highest BCUT2D eigenvalue weighted by Crippen LogP contribution is 2.35. The van der Waals surface area contributed by atoms with Crippen LogP contribution in [0.15, 0.2) is 58.9 Å². The molecule has 2 aliphatic rings. The lowest BCUT2D eigenvalue weighted by Gasteiger charge is -2.23. The molecular weight excluding hydrogens is 493 g/mol. The second-order valence-corrected chi connectivity index (χ2v) is 10.5. The summed E-state index contributed by atoms with van der Waals surface area (Å²) in [5.74, 6) is 1.27. The van der Waals surface area contributed by atoms with E-state index in [1.165, 1.54) is 33.4 Å². The van der Waals surface area contributed by atoms with E-state index in [0.717, 1.165) is 44.1 Å². The number of hydrogen-bond donors (Lipinski definition) is 2. The van der Waals surface area contributed by atoms with E-state index in [-0.39, 0.29) is 12.0 Å². The van der Waals surface area contributed by atoms with Gasteiger partial charge in [-0.1, -0.05) is 29.5 Å². The molecule has 0 saturated carbocycles. The molecule has 8 heteroatoms. The summed E-state index contributed by atoms with van der Waals surface area (Å²) in [6.07, 6.45) is 3.06. The van der Waals surface area contributed by atoms with Crippen molar-refractivity contribution in [2.75, 3.05) is 25.1 Å². The molecule has 3 aromatic rings. The van der Waals surface area contributed by atoms with Crippen molar-refractivity contribution in [1.82, 2.24) is 5.53 Å². The van der Waals surface area contributed by atoms with Crippen LogP contribution >= 0.6 is 0 Å². The lowest BCUT2D eigenvalue weighted by Crippen LogP contribution is -2.21. The minimum Gasteiger partial charge on any atom is -0.528 e. The summed E-state index contributed by atoms with van der Waals surface area (Å²) in [6, 6.07) is 16.0. The number of anilines is 1. The minimum absolute atomic E-state index is 0.223. The summed E-state index contributed by atoms with van der Waals surface area (Å²) in [7, 11) is 0. The monoisotopic (exact) mass is 530 g/mol. The normalized spacial score (nSPS) is 17.3. The average molecular weight is 531 g/mol. The summed E-state index contributed by atoms with van der Waals surface area (Å²) in [4.78, 5) is 0. The molecule has 0 amide bonds. The molecule has 0 aromatic heterocycles. The van der Waals surface area contributed by atoms with Gasteiger partial charge >= 0.3 is 0 Å². The molecule has 1 saturated heterocycles. The molecule has 2 aliphatic heterocycles. The van der Waals surface area contributed by atoms with E-state index in [1.54, 1.807) is 6.07 Å². The van der Waals surface area contributed by atoms with E-state index in [9.17, 15) is 4.39 Å². The third kappa shape index (κ3) is 6.75. The van der Waals surface area contributed by atoms with Crippen LogP contribution in [0.4, 0.5) is 10.1 Å². The van der Waals surface area contributed by atoms with Gasteiger partial charge in [0.25, 0.3) is 0 Å². The van der Waals surface area contributed by atoms with Crippen molar-refractivity contribution in [1.29, 1.82) is 0 Å². The van der Waals surface area contributed by atoms with Gasteiger partial charge in [-0.25, -0.2) is 4.39 Å². The van der Waals surface area contributed by atoms with Crippen molar-refractivity contribution in [3.8, 4) is 16.9 Å². The van der Waals surface area contributed by atoms with Gasteiger partial charge in [0.05, 0.1) is 6.61 Å². The minimum atomic E-state index is -0.245. The third-order valence-corrected chi connectivity index (χ3v) is 7.70. The lowest BCUT2D eigenvalue weighted by atomic mass is 9.90. The van der Waals surface area contributed by atoms with E-state index >= 15 is 0 Å². The molecule has 5 rings (SSSR count). The zero-order valence-corrected chi connectivity index (χ0v) is 23.0. The predicted octanol–water partition coefficient (Wildman–Crippen LogP) is 7.35. The first kappa shape index (κ1) is 27.1. The van der Waals surface area contributed by atoms with E-state index in [1.807, 2.05) is 12.1 Å². The van der Waals surface area contributed by atoms with Crippen molar-refractivity contribution in [2.24, 2.45) is 16.3 Å². The molecule has 0 radical (unpaired) electrons. The number of aryl methyl sites for hydroxylation is 3. The van der Waals surface area contributed by atoms with Crippen LogP contribution in [-0.2, 0) is 17.7 Å². The van der Waals surface area contributed by atoms with Crippen LogP contribution in [0.1, 0.15) is 47.1 Å². The van der Waals surface area contributed by atoms with Gasteiger partial charge in [-0.3, -0.25) is 0 Å². The molecule has 2 heterocycles. The molecule has 7 nitrogen and oxygen atoms in total. The van der Waals surface area contributed by atoms with Crippen LogP contribution in [0.2, 0.25) is 0 Å². The van der Waals surface area contributed by atoms with Gasteiger partial charge in [-0.15, -0.1) is 0 Å². The van der Waals surface area contributed by atoms with Gasteiger partial charge < -0.3 is 25.8 Å². The number of nitrogens with one attached hydrogen (secondary N) is 2. The number of halogens is 1. The smallest absolute Gasteiger partial charge is 0.128 e. The molecule has 206 valence electrons. The van der Waals surface area contributed by atoms with Gasteiger partial charge in [0.15, 0.2) is 0 Å². The fourth-order valence-corrected chi connectivity index (χ4v) is 5.38. The maximum atomic E-state index is 14.7. The van der Waals surface area contributed by atoms with Crippen molar-refractivity contribution in [2.45, 2.75) is 59.2 Å². The molecule has 1 unspecified atom stereocenters. The molecule has 0 aliphatic carbocycles. The Morgan fingerprint density at radius 2 is 1.85 bits per heavy atom. The van der Waals surface area contributed by atoms with Crippen LogP contribution in [0, 0.1) is 32.5 Å². The Bertz CT molecular complexity index is 1300. The van der Waals surface area contributed by atoms with E-state index in [2.05, 4.69) is 77.7 Å². The number of ether oxygens (including phenoxy) is 2. The fraction of sp³-hybridized carbons (Fsp3) is 0.419. The van der Waals surface area contributed by atoms with Crippen LogP contribution in [0.25, 0.3) is 16.6 Å². The van der Waals surface area contributed by atoms with Gasteiger partial charge in [0.2, 0.25) is 0 Å². The SMILES string of the molecule is Cc1cc(OCC2CCOCC2)cc(C)c1-c1cccc(CNc2ccc(CCC3N=NN[N-]3)c(F)c2)c1C. The van der Waals surface area contributed by atoms with Crippen LogP contribution in [-0.4, -0.2) is 26.0 Å². The summed E-state index contributed by atoms with van der Waals surface area (Å²) < 4.78 is 26.4. The summed E-state index contributed by atoms with van der Waals surface area (Å²) in [5.41, 5.74) is 15.1. The Labute approximate surface area is 230 Å². The number of nitrogens with zero attached hydrogens (tertiary/aromatic N) is 3. The van der Waals surface area contributed by atoms with E-state index in [0.29, 0.717) is 30.9 Å². The highest BCUT2D eigenvalue weighted by atomic mass is 19.1. The number of benzene rings is 3. The molecule has 1 atom stereocenters. The maximum Gasteiger partial charge on any atom is 0.128 e. The Morgan fingerprint density at radius 3 is 2.56 bits per heavy atom. The topological polar surface area (TPSA) is 81.3 Å². The maximum absolute atomic E-state index is 14.7. The standard InChI is InChI=1S/C31H37FN5O2/c1-20-15-27(39-19-23-11-13-38-14-12-23)16-21(2)31(20)28-6-4-5-25(22(28)3)18-33-26-9-7-24(29(32)17-26)8-10-30-34-36-37-35-30/h4-7,9,15-17,23,30,33H,8,10-14,18-19H2,1-3H3,(H-,34,35,36,37)/q-1. The summed E-state index contributed by atoms with van der Waals surface area (Å²) >= 11 is 0. The van der Waals surface area contributed by atoms with Crippen LogP contribution < -0.4 is 15.6 Å². The Balaban J connectivity index is 1.24. The van der Waals surface area contributed by atoms with Crippen LogP contribution in [0.5, 0.6) is 5.75 Å². The highest BCUT2D eigenvalue weighted by Gasteiger charge is 2.16. The molecule has 2 N–H and O–H groups in total. The first-order chi connectivity index (χ1) is 19.0. The highest BCUT2D eigenvalue weighted by molar-refractivity contribution is 5.75. The Hall–Kier alpha value is -3.49. The van der Waals surface area contributed by atoms with Crippen LogP contribution in [0.3, 0.4) is 0 Å². The molecule has 0 bridgehead atoms. The third-order valence-electron chi connectivity index (χ3n) is 7.70. The van der Waals surface area contributed by atoms with Gasteiger partial charge in [0, 0.05) is 25.4 Å². The molecule has 0 spiro atoms. The average Bonchev–Trinajstić information content (AvgIpc) is 3.46. The predicted molar refractivity (Wildman–Crippen MR) is 152 cm³/mol. The van der Waals surface area contributed by atoms with Gasteiger partial charge in [-0.05, 0) is 122 Å². The first-order valence-corrected chi connectivity index (χ1v) is 13.8. The quantitative estimate of drug-likeness (QED) is 0.287. The molecule has 3 aromatic carbocycles. The molecule has 39 heavy (non-hydrogen) atoms. The molecular formula is C31H37FN5O2-. The van der Waals surface area contributed by atoms with Crippen molar-refractivity contribution >= 4 is 5.69 Å². The van der Waals surface area contributed by atoms with Gasteiger partial charge in [-0.2, -0.15) is 5.11 Å². The second kappa shape index (κ2) is 12.6. The van der Waals surface area contributed by atoms with E-state index < -0.39 is 0 Å². The molecule has 1 fully saturated rings. The largest absolute Gasteiger partial charge is 0.528 e. The summed E-state index contributed by atoms with van der Waals surface area (Å²) in [5, 5.41) is 11.0. The van der Waals surface area contributed by atoms with Crippen molar-refractivity contribution < 1.29 is 13.9 Å². The zero-order valence-electron chi connectivity index (χ0n) is 23.0.